The Bertz CT molecular complexity index is 331. The number of nitrogens with zero attached hydrogens (tertiary/aromatic N) is 1. The lowest BCUT2D eigenvalue weighted by Gasteiger charge is -2.04. The molecule has 6 heteroatoms. The molecule has 0 aliphatic rings. The summed E-state index contributed by atoms with van der Waals surface area (Å²) in [6.07, 6.45) is -4.29. The van der Waals surface area contributed by atoms with Gasteiger partial charge in [-0.2, -0.15) is 13.2 Å². The summed E-state index contributed by atoms with van der Waals surface area (Å²) in [5.74, 6) is 0.0600. The van der Waals surface area contributed by atoms with Crippen molar-refractivity contribution in [3.05, 3.63) is 28.4 Å². The highest BCUT2D eigenvalue weighted by atomic mass is 19.4. The van der Waals surface area contributed by atoms with E-state index >= 15 is 0 Å². The minimum Gasteiger partial charge on any atom is -0.311 e. The van der Waals surface area contributed by atoms with Crippen molar-refractivity contribution in [2.24, 2.45) is 0 Å². The molecular formula is C7H7F3N2O. The molecule has 0 bridgehead atoms. The molecule has 0 aromatic carbocycles. The fourth-order valence-corrected chi connectivity index (χ4v) is 0.798. The van der Waals surface area contributed by atoms with Gasteiger partial charge in [0.15, 0.2) is 0 Å². The van der Waals surface area contributed by atoms with Crippen LogP contribution in [0.5, 0.6) is 0 Å². The molecule has 1 aromatic rings. The normalized spacial score (nSPS) is 11.6. The molecule has 0 saturated heterocycles. The van der Waals surface area contributed by atoms with Crippen LogP contribution in [0, 0.1) is 0 Å². The third-order valence-electron chi connectivity index (χ3n) is 1.37. The van der Waals surface area contributed by atoms with E-state index in [1.165, 1.54) is 6.20 Å². The minimum absolute atomic E-state index is 0.0600. The molecule has 1 aromatic heterocycles. The second-order valence-corrected chi connectivity index (χ2v) is 2.50. The van der Waals surface area contributed by atoms with Crippen LogP contribution in [-0.4, -0.2) is 16.1 Å². The molecule has 1 N–H and O–H groups in total. The Morgan fingerprint density at radius 1 is 1.46 bits per heavy atom. The van der Waals surface area contributed by atoms with E-state index in [2.05, 4.69) is 9.97 Å². The fraction of sp³-hybridized carbons (Fsp3) is 0.429. The van der Waals surface area contributed by atoms with Gasteiger partial charge in [0.1, 0.15) is 5.82 Å². The highest BCUT2D eigenvalue weighted by molar-refractivity contribution is 4.89. The highest BCUT2D eigenvalue weighted by Crippen LogP contribution is 2.20. The molecule has 3 nitrogen and oxygen atoms in total. The molecule has 0 aliphatic carbocycles. The van der Waals surface area contributed by atoms with E-state index in [1.807, 2.05) is 0 Å². The van der Waals surface area contributed by atoms with Gasteiger partial charge in [-0.15, -0.1) is 0 Å². The number of halogens is 3. The first-order chi connectivity index (χ1) is 5.97. The lowest BCUT2D eigenvalue weighted by atomic mass is 10.3. The van der Waals surface area contributed by atoms with Crippen LogP contribution in [0.2, 0.25) is 0 Å². The quantitative estimate of drug-likeness (QED) is 0.766. The molecule has 0 saturated carbocycles. The number of rotatable bonds is 2. The summed E-state index contributed by atoms with van der Waals surface area (Å²) in [7, 11) is 0. The maximum absolute atomic E-state index is 11.7. The lowest BCUT2D eigenvalue weighted by Crippen LogP contribution is -2.13. The molecule has 0 aliphatic heterocycles. The average molecular weight is 192 g/mol. The monoisotopic (exact) mass is 192 g/mol. The van der Waals surface area contributed by atoms with Crippen molar-refractivity contribution >= 4 is 0 Å². The largest absolute Gasteiger partial charge is 0.389 e. The number of aromatic amines is 1. The first-order valence-electron chi connectivity index (χ1n) is 3.58. The second kappa shape index (κ2) is 3.59. The van der Waals surface area contributed by atoms with E-state index in [-0.39, 0.29) is 12.2 Å². The Kier molecular flexibility index (Phi) is 2.69. The summed E-state index contributed by atoms with van der Waals surface area (Å²) in [6, 6.07) is 1.15. The SMILES string of the molecule is O=c1ccnc(CCC(F)(F)F)[nH]1. The molecule has 1 heterocycles. The number of aromatic nitrogens is 2. The van der Waals surface area contributed by atoms with Crippen LogP contribution in [-0.2, 0) is 6.42 Å². The summed E-state index contributed by atoms with van der Waals surface area (Å²) in [5, 5.41) is 0. The molecule has 0 radical (unpaired) electrons. The zero-order chi connectivity index (χ0) is 9.90. The van der Waals surface area contributed by atoms with E-state index in [1.54, 1.807) is 0 Å². The zero-order valence-electron chi connectivity index (χ0n) is 6.56. The van der Waals surface area contributed by atoms with Gasteiger partial charge in [-0.3, -0.25) is 4.79 Å². The van der Waals surface area contributed by atoms with Gasteiger partial charge in [-0.25, -0.2) is 4.98 Å². The Balaban J connectivity index is 2.60. The predicted octanol–water partition coefficient (Wildman–Crippen LogP) is 1.26. The maximum atomic E-state index is 11.7. The standard InChI is InChI=1S/C7H7F3N2O/c8-7(9,10)3-1-5-11-4-2-6(13)12-5/h2,4H,1,3H2,(H,11,12,13). The Hall–Kier alpha value is -1.33. The minimum atomic E-state index is -4.21. The van der Waals surface area contributed by atoms with E-state index in [4.69, 9.17) is 0 Å². The smallest absolute Gasteiger partial charge is 0.311 e. The van der Waals surface area contributed by atoms with Gasteiger partial charge in [0, 0.05) is 18.7 Å². The van der Waals surface area contributed by atoms with Crippen LogP contribution in [0.25, 0.3) is 0 Å². The average Bonchev–Trinajstić information content (AvgIpc) is 2.00. The van der Waals surface area contributed by atoms with E-state index < -0.39 is 18.2 Å². The number of hydrogen-bond acceptors (Lipinski definition) is 2. The van der Waals surface area contributed by atoms with Gasteiger partial charge in [-0.1, -0.05) is 0 Å². The molecule has 0 amide bonds. The van der Waals surface area contributed by atoms with Crippen LogP contribution < -0.4 is 5.56 Å². The van der Waals surface area contributed by atoms with Crippen LogP contribution in [0.3, 0.4) is 0 Å². The molecule has 0 spiro atoms. The van der Waals surface area contributed by atoms with Crippen molar-refractivity contribution in [2.45, 2.75) is 19.0 Å². The zero-order valence-corrected chi connectivity index (χ0v) is 6.56. The summed E-state index contributed by atoms with van der Waals surface area (Å²) in [5.41, 5.74) is -0.438. The maximum Gasteiger partial charge on any atom is 0.389 e. The molecule has 13 heavy (non-hydrogen) atoms. The van der Waals surface area contributed by atoms with Crippen LogP contribution in [0.15, 0.2) is 17.1 Å². The summed E-state index contributed by atoms with van der Waals surface area (Å²) in [6.45, 7) is 0. The van der Waals surface area contributed by atoms with Gasteiger partial charge in [0.2, 0.25) is 0 Å². The van der Waals surface area contributed by atoms with Crippen molar-refractivity contribution in [3.8, 4) is 0 Å². The Morgan fingerprint density at radius 2 is 2.15 bits per heavy atom. The van der Waals surface area contributed by atoms with Gasteiger partial charge >= 0.3 is 6.18 Å². The first-order valence-corrected chi connectivity index (χ1v) is 3.58. The molecule has 1 rings (SSSR count). The Morgan fingerprint density at radius 3 is 2.69 bits per heavy atom. The fourth-order valence-electron chi connectivity index (χ4n) is 0.798. The summed E-state index contributed by atoms with van der Waals surface area (Å²) >= 11 is 0. The topological polar surface area (TPSA) is 45.8 Å². The van der Waals surface area contributed by atoms with Gasteiger partial charge in [0.25, 0.3) is 5.56 Å². The van der Waals surface area contributed by atoms with Gasteiger partial charge < -0.3 is 4.98 Å². The summed E-state index contributed by atoms with van der Waals surface area (Å²) in [4.78, 5) is 16.4. The van der Waals surface area contributed by atoms with Crippen molar-refractivity contribution in [1.82, 2.24) is 9.97 Å². The van der Waals surface area contributed by atoms with Crippen molar-refractivity contribution in [3.63, 3.8) is 0 Å². The second-order valence-electron chi connectivity index (χ2n) is 2.50. The third kappa shape index (κ3) is 3.73. The van der Waals surface area contributed by atoms with Crippen molar-refractivity contribution in [1.29, 1.82) is 0 Å². The van der Waals surface area contributed by atoms with Crippen LogP contribution in [0.4, 0.5) is 13.2 Å². The van der Waals surface area contributed by atoms with E-state index in [0.29, 0.717) is 0 Å². The molecule has 0 atom stereocenters. The van der Waals surface area contributed by atoms with Crippen LogP contribution >= 0.6 is 0 Å². The number of aryl methyl sites for hydroxylation is 1. The van der Waals surface area contributed by atoms with Crippen LogP contribution in [0.1, 0.15) is 12.2 Å². The number of alkyl halides is 3. The number of nitrogens with one attached hydrogen (secondary N) is 1. The molecule has 0 unspecified atom stereocenters. The van der Waals surface area contributed by atoms with Crippen molar-refractivity contribution < 1.29 is 13.2 Å². The lowest BCUT2D eigenvalue weighted by molar-refractivity contribution is -0.134. The highest BCUT2D eigenvalue weighted by Gasteiger charge is 2.26. The van der Waals surface area contributed by atoms with Crippen molar-refractivity contribution in [2.75, 3.05) is 0 Å². The molecule has 0 fully saturated rings. The van der Waals surface area contributed by atoms with E-state index in [0.717, 1.165) is 6.07 Å². The summed E-state index contributed by atoms with van der Waals surface area (Å²) < 4.78 is 35.2. The third-order valence-corrected chi connectivity index (χ3v) is 1.37. The van der Waals surface area contributed by atoms with Gasteiger partial charge in [0.05, 0.1) is 6.42 Å². The Labute approximate surface area is 71.6 Å². The van der Waals surface area contributed by atoms with Gasteiger partial charge in [-0.05, 0) is 0 Å². The predicted molar refractivity (Wildman–Crippen MR) is 39.2 cm³/mol. The molecular weight excluding hydrogens is 185 g/mol. The molecule has 72 valence electrons. The van der Waals surface area contributed by atoms with E-state index in [9.17, 15) is 18.0 Å². The number of H-pyrrole nitrogens is 1. The first kappa shape index (κ1) is 9.76. The number of hydrogen-bond donors (Lipinski definition) is 1.